The number of aromatic amines is 1. The van der Waals surface area contributed by atoms with Gasteiger partial charge in [-0.25, -0.2) is 4.98 Å². The van der Waals surface area contributed by atoms with Gasteiger partial charge < -0.3 is 15.6 Å². The first-order valence-corrected chi connectivity index (χ1v) is 10.5. The molecule has 0 aliphatic heterocycles. The van der Waals surface area contributed by atoms with Gasteiger partial charge in [-0.05, 0) is 46.4 Å². The molecule has 0 radical (unpaired) electrons. The molecule has 0 atom stereocenters. The molecule has 2 amide bonds. The van der Waals surface area contributed by atoms with Crippen molar-refractivity contribution in [2.45, 2.75) is 26.7 Å². The molecule has 0 saturated carbocycles. The highest BCUT2D eigenvalue weighted by Gasteiger charge is 2.12. The number of benzene rings is 2. The van der Waals surface area contributed by atoms with Crippen LogP contribution in [-0.2, 0) is 22.4 Å². The monoisotopic (exact) mass is 414 g/mol. The highest BCUT2D eigenvalue weighted by Crippen LogP contribution is 2.33. The summed E-state index contributed by atoms with van der Waals surface area (Å²) in [6, 6.07) is 14.8. The van der Waals surface area contributed by atoms with E-state index in [0.717, 1.165) is 46.0 Å². The standard InChI is InChI=1S/C25H26N4O2/c1-16(30)26-11-9-19-6-3-5-18-7-4-8-22(24(18)19)21-13-23-20(10-12-27-17(2)31)14-28-25(23)29-15-21/h3-8,13-15H,9-12H2,1-2H3,(H,26,30)(H,27,31)(H,28,29). The summed E-state index contributed by atoms with van der Waals surface area (Å²) in [6.45, 7) is 4.26. The number of fused-ring (bicyclic) bond motifs is 2. The number of rotatable bonds is 7. The van der Waals surface area contributed by atoms with E-state index in [4.69, 9.17) is 0 Å². The molecule has 0 unspecified atom stereocenters. The fourth-order valence-electron chi connectivity index (χ4n) is 4.03. The van der Waals surface area contributed by atoms with Gasteiger partial charge in [0.25, 0.3) is 0 Å². The molecule has 6 nitrogen and oxygen atoms in total. The van der Waals surface area contributed by atoms with E-state index in [1.807, 2.05) is 12.4 Å². The molecule has 4 rings (SSSR count). The van der Waals surface area contributed by atoms with Gasteiger partial charge in [-0.15, -0.1) is 0 Å². The average molecular weight is 415 g/mol. The minimum absolute atomic E-state index is 0.0191. The Labute approximate surface area is 181 Å². The smallest absolute Gasteiger partial charge is 0.216 e. The molecule has 0 fully saturated rings. The molecule has 0 aliphatic carbocycles. The lowest BCUT2D eigenvalue weighted by Gasteiger charge is -2.13. The summed E-state index contributed by atoms with van der Waals surface area (Å²) in [5.74, 6) is -0.0458. The number of hydrogen-bond acceptors (Lipinski definition) is 3. The highest BCUT2D eigenvalue weighted by molar-refractivity contribution is 6.00. The van der Waals surface area contributed by atoms with Crippen LogP contribution in [0.5, 0.6) is 0 Å². The van der Waals surface area contributed by atoms with E-state index in [1.165, 1.54) is 24.8 Å². The van der Waals surface area contributed by atoms with Crippen molar-refractivity contribution in [2.75, 3.05) is 13.1 Å². The second kappa shape index (κ2) is 9.00. The third kappa shape index (κ3) is 4.58. The fourth-order valence-corrected chi connectivity index (χ4v) is 4.03. The number of H-pyrrole nitrogens is 1. The van der Waals surface area contributed by atoms with Gasteiger partial charge in [0, 0.05) is 50.3 Å². The molecular weight excluding hydrogens is 388 g/mol. The van der Waals surface area contributed by atoms with Crippen LogP contribution in [0, 0.1) is 0 Å². The highest BCUT2D eigenvalue weighted by atomic mass is 16.1. The topological polar surface area (TPSA) is 86.9 Å². The van der Waals surface area contributed by atoms with E-state index in [9.17, 15) is 9.59 Å². The van der Waals surface area contributed by atoms with Gasteiger partial charge in [-0.3, -0.25) is 9.59 Å². The molecular formula is C25H26N4O2. The Balaban J connectivity index is 1.73. The summed E-state index contributed by atoms with van der Waals surface area (Å²) in [6.07, 6.45) is 5.36. The predicted octanol–water partition coefficient (Wildman–Crippen LogP) is 3.74. The number of carbonyl (C=O) groups is 2. The third-order valence-corrected chi connectivity index (χ3v) is 5.46. The maximum atomic E-state index is 11.3. The number of aromatic nitrogens is 2. The van der Waals surface area contributed by atoms with Crippen LogP contribution >= 0.6 is 0 Å². The Hall–Kier alpha value is -3.67. The number of amides is 2. The van der Waals surface area contributed by atoms with Crippen molar-refractivity contribution in [1.82, 2.24) is 20.6 Å². The lowest BCUT2D eigenvalue weighted by Crippen LogP contribution is -2.22. The van der Waals surface area contributed by atoms with Crippen molar-refractivity contribution in [1.29, 1.82) is 0 Å². The molecule has 0 aliphatic rings. The van der Waals surface area contributed by atoms with Crippen molar-refractivity contribution in [3.63, 3.8) is 0 Å². The molecule has 0 spiro atoms. The van der Waals surface area contributed by atoms with Crippen molar-refractivity contribution < 1.29 is 9.59 Å². The summed E-state index contributed by atoms with van der Waals surface area (Å²) in [4.78, 5) is 30.3. The van der Waals surface area contributed by atoms with Gasteiger partial charge >= 0.3 is 0 Å². The number of nitrogens with zero attached hydrogens (tertiary/aromatic N) is 1. The molecule has 4 aromatic rings. The maximum absolute atomic E-state index is 11.3. The molecule has 2 heterocycles. The zero-order chi connectivity index (χ0) is 21.8. The van der Waals surface area contributed by atoms with Gasteiger partial charge in [0.05, 0.1) is 0 Å². The maximum Gasteiger partial charge on any atom is 0.216 e. The quantitative estimate of drug-likeness (QED) is 0.431. The Morgan fingerprint density at radius 2 is 1.61 bits per heavy atom. The molecule has 6 heteroatoms. The van der Waals surface area contributed by atoms with E-state index in [-0.39, 0.29) is 11.8 Å². The van der Waals surface area contributed by atoms with E-state index < -0.39 is 0 Å². The molecule has 31 heavy (non-hydrogen) atoms. The van der Waals surface area contributed by atoms with Crippen molar-refractivity contribution >= 4 is 33.6 Å². The number of nitrogens with one attached hydrogen (secondary N) is 3. The van der Waals surface area contributed by atoms with Crippen LogP contribution in [0.15, 0.2) is 54.9 Å². The Kier molecular flexibility index (Phi) is 5.98. The van der Waals surface area contributed by atoms with Gasteiger partial charge in [-0.1, -0.05) is 36.4 Å². The van der Waals surface area contributed by atoms with Crippen LogP contribution in [0.25, 0.3) is 32.9 Å². The largest absolute Gasteiger partial charge is 0.356 e. The van der Waals surface area contributed by atoms with Crippen LogP contribution < -0.4 is 10.6 Å². The van der Waals surface area contributed by atoms with E-state index in [0.29, 0.717) is 13.1 Å². The second-order valence-electron chi connectivity index (χ2n) is 7.72. The van der Waals surface area contributed by atoms with Crippen LogP contribution in [-0.4, -0.2) is 34.9 Å². The zero-order valence-corrected chi connectivity index (χ0v) is 17.8. The van der Waals surface area contributed by atoms with Crippen LogP contribution in [0.1, 0.15) is 25.0 Å². The number of carbonyl (C=O) groups excluding carboxylic acids is 2. The summed E-state index contributed by atoms with van der Waals surface area (Å²) in [7, 11) is 0. The SMILES string of the molecule is CC(=O)NCCc1c[nH]c2ncc(-c3cccc4cccc(CCNC(C)=O)c34)cc12. The Morgan fingerprint density at radius 3 is 2.32 bits per heavy atom. The van der Waals surface area contributed by atoms with Crippen molar-refractivity contribution in [3.05, 3.63) is 66.0 Å². The minimum Gasteiger partial charge on any atom is -0.356 e. The summed E-state index contributed by atoms with van der Waals surface area (Å²) in [5, 5.41) is 9.16. The van der Waals surface area contributed by atoms with Gasteiger partial charge in [0.15, 0.2) is 0 Å². The van der Waals surface area contributed by atoms with Gasteiger partial charge in [-0.2, -0.15) is 0 Å². The van der Waals surface area contributed by atoms with E-state index >= 15 is 0 Å². The first-order valence-electron chi connectivity index (χ1n) is 10.5. The fraction of sp³-hybridized carbons (Fsp3) is 0.240. The molecule has 0 saturated heterocycles. The van der Waals surface area contributed by atoms with Crippen LogP contribution in [0.3, 0.4) is 0 Å². The number of pyridine rings is 1. The lowest BCUT2D eigenvalue weighted by atomic mass is 9.93. The van der Waals surface area contributed by atoms with Crippen molar-refractivity contribution in [2.24, 2.45) is 0 Å². The number of hydrogen-bond donors (Lipinski definition) is 3. The Morgan fingerprint density at radius 1 is 0.935 bits per heavy atom. The summed E-state index contributed by atoms with van der Waals surface area (Å²) < 4.78 is 0. The molecule has 2 aromatic heterocycles. The minimum atomic E-state index is -0.0267. The first-order chi connectivity index (χ1) is 15.0. The predicted molar refractivity (Wildman–Crippen MR) is 124 cm³/mol. The first kappa shape index (κ1) is 20.6. The van der Waals surface area contributed by atoms with Crippen LogP contribution in [0.2, 0.25) is 0 Å². The average Bonchev–Trinajstić information content (AvgIpc) is 3.15. The molecule has 2 aromatic carbocycles. The van der Waals surface area contributed by atoms with E-state index in [2.05, 4.69) is 63.1 Å². The third-order valence-electron chi connectivity index (χ3n) is 5.46. The molecule has 3 N–H and O–H groups in total. The normalized spacial score (nSPS) is 11.0. The second-order valence-corrected chi connectivity index (χ2v) is 7.72. The Bertz CT molecular complexity index is 1250. The van der Waals surface area contributed by atoms with Gasteiger partial charge in [0.1, 0.15) is 5.65 Å². The molecule has 0 bridgehead atoms. The molecule has 158 valence electrons. The zero-order valence-electron chi connectivity index (χ0n) is 17.8. The van der Waals surface area contributed by atoms with Gasteiger partial charge in [0.2, 0.25) is 11.8 Å². The van der Waals surface area contributed by atoms with E-state index in [1.54, 1.807) is 0 Å². The van der Waals surface area contributed by atoms with Crippen LogP contribution in [0.4, 0.5) is 0 Å². The summed E-state index contributed by atoms with van der Waals surface area (Å²) >= 11 is 0. The van der Waals surface area contributed by atoms with Crippen molar-refractivity contribution in [3.8, 4) is 11.1 Å². The summed E-state index contributed by atoms with van der Waals surface area (Å²) in [5.41, 5.74) is 5.34. The lowest BCUT2D eigenvalue weighted by molar-refractivity contribution is -0.119.